The summed E-state index contributed by atoms with van der Waals surface area (Å²) in [5.41, 5.74) is 0.303. The van der Waals surface area contributed by atoms with Gasteiger partial charge in [-0.15, -0.1) is 11.3 Å². The van der Waals surface area contributed by atoms with Crippen LogP contribution in [-0.2, 0) is 14.3 Å². The summed E-state index contributed by atoms with van der Waals surface area (Å²) < 4.78 is 5.14. The number of thiophene rings is 1. The minimum atomic E-state index is -1.70. The van der Waals surface area contributed by atoms with Gasteiger partial charge in [0.15, 0.2) is 5.78 Å². The molecule has 6 nitrogen and oxygen atoms in total. The third-order valence-electron chi connectivity index (χ3n) is 6.70. The first kappa shape index (κ1) is 25.1. The van der Waals surface area contributed by atoms with Crippen LogP contribution in [0.15, 0.2) is 66.0 Å². The van der Waals surface area contributed by atoms with Gasteiger partial charge in [-0.2, -0.15) is 0 Å². The molecule has 8 heteroatoms. The number of hydrogen-bond donors (Lipinski definition) is 1. The van der Waals surface area contributed by atoms with Crippen molar-refractivity contribution in [1.82, 2.24) is 4.90 Å². The number of benzene rings is 2. The predicted octanol–water partition coefficient (Wildman–Crippen LogP) is 5.37. The number of likely N-dealkylation sites (tertiary alicyclic amines) is 1. The van der Waals surface area contributed by atoms with E-state index in [1.807, 2.05) is 48.7 Å². The Morgan fingerprint density at radius 3 is 2.46 bits per heavy atom. The normalized spacial score (nSPS) is 23.9. The molecule has 1 fully saturated rings. The molecular formula is C27H26ClNO5S. The van der Waals surface area contributed by atoms with Crippen molar-refractivity contribution in [2.24, 2.45) is 5.92 Å². The first-order chi connectivity index (χ1) is 16.7. The van der Waals surface area contributed by atoms with Gasteiger partial charge in [0.1, 0.15) is 12.1 Å². The maximum atomic E-state index is 14.2. The van der Waals surface area contributed by atoms with Crippen LogP contribution in [-0.4, -0.2) is 46.9 Å². The number of carboxylic acids is 1. The van der Waals surface area contributed by atoms with E-state index in [1.165, 1.54) is 30.3 Å². The van der Waals surface area contributed by atoms with Gasteiger partial charge in [-0.05, 0) is 43.0 Å². The Bertz CT molecular complexity index is 1260. The molecule has 1 aliphatic heterocycles. The highest BCUT2D eigenvalue weighted by molar-refractivity contribution is 7.10. The number of aliphatic carboxylic acids is 1. The molecule has 4 unspecified atom stereocenters. The van der Waals surface area contributed by atoms with Crippen molar-refractivity contribution >= 4 is 40.6 Å². The molecule has 1 amide bonds. The van der Waals surface area contributed by atoms with Gasteiger partial charge in [0, 0.05) is 28.5 Å². The summed E-state index contributed by atoms with van der Waals surface area (Å²) in [5, 5.41) is 12.9. The van der Waals surface area contributed by atoms with Gasteiger partial charge >= 0.3 is 5.97 Å². The molecule has 35 heavy (non-hydrogen) atoms. The summed E-state index contributed by atoms with van der Waals surface area (Å²) in [5.74, 6) is -3.60. The molecule has 1 aromatic heterocycles. The summed E-state index contributed by atoms with van der Waals surface area (Å²) in [4.78, 5) is 42.8. The average Bonchev–Trinajstić information content (AvgIpc) is 3.43. The molecule has 182 valence electrons. The van der Waals surface area contributed by atoms with Crippen LogP contribution in [0, 0.1) is 12.8 Å². The topological polar surface area (TPSA) is 83.9 Å². The van der Waals surface area contributed by atoms with Gasteiger partial charge in [-0.1, -0.05) is 59.6 Å². The molecule has 0 radical (unpaired) electrons. The Morgan fingerprint density at radius 2 is 1.86 bits per heavy atom. The SMILES string of the molecule is COCC(=O)N1C(c2cccc(C)c2)C(C(=O)c2cccc(Cl)c2)C(c2cccs2)C1(C)C(=O)O. The van der Waals surface area contributed by atoms with Crippen LogP contribution in [0.4, 0.5) is 0 Å². The number of aryl methyl sites for hydroxylation is 1. The number of carbonyl (C=O) groups is 3. The number of amides is 1. The lowest BCUT2D eigenvalue weighted by molar-refractivity contribution is -0.159. The van der Waals surface area contributed by atoms with E-state index in [2.05, 4.69) is 0 Å². The predicted molar refractivity (Wildman–Crippen MR) is 135 cm³/mol. The number of halogens is 1. The molecule has 0 aliphatic carbocycles. The van der Waals surface area contributed by atoms with Crippen LogP contribution in [0.1, 0.15) is 45.2 Å². The molecule has 0 spiro atoms. The van der Waals surface area contributed by atoms with E-state index in [0.29, 0.717) is 16.1 Å². The third-order valence-corrected chi connectivity index (χ3v) is 7.89. The van der Waals surface area contributed by atoms with Gasteiger partial charge < -0.3 is 14.7 Å². The van der Waals surface area contributed by atoms with Gasteiger partial charge in [0.2, 0.25) is 5.91 Å². The lowest BCUT2D eigenvalue weighted by atomic mass is 9.74. The fourth-order valence-electron chi connectivity index (χ4n) is 5.24. The van der Waals surface area contributed by atoms with Crippen LogP contribution >= 0.6 is 22.9 Å². The molecule has 4 atom stereocenters. The lowest BCUT2D eigenvalue weighted by Crippen LogP contribution is -2.55. The summed E-state index contributed by atoms with van der Waals surface area (Å²) in [6.07, 6.45) is 0. The minimum Gasteiger partial charge on any atom is -0.479 e. The van der Waals surface area contributed by atoms with Crippen LogP contribution in [0.3, 0.4) is 0 Å². The maximum Gasteiger partial charge on any atom is 0.330 e. The number of Topliss-reactive ketones (excluding diaryl/α,β-unsaturated/α-hetero) is 1. The minimum absolute atomic E-state index is 0.266. The number of hydrogen-bond acceptors (Lipinski definition) is 5. The van der Waals surface area contributed by atoms with E-state index in [1.54, 1.807) is 24.3 Å². The summed E-state index contributed by atoms with van der Waals surface area (Å²) in [6, 6.07) is 17.0. The molecule has 1 saturated heterocycles. The summed E-state index contributed by atoms with van der Waals surface area (Å²) >= 11 is 7.58. The van der Waals surface area contributed by atoms with Crippen LogP contribution in [0.25, 0.3) is 0 Å². The zero-order valence-electron chi connectivity index (χ0n) is 19.6. The largest absolute Gasteiger partial charge is 0.479 e. The highest BCUT2D eigenvalue weighted by Crippen LogP contribution is 2.57. The summed E-state index contributed by atoms with van der Waals surface area (Å²) in [6.45, 7) is 3.14. The molecule has 3 aromatic rings. The monoisotopic (exact) mass is 511 g/mol. The average molecular weight is 512 g/mol. The van der Waals surface area contributed by atoms with E-state index in [9.17, 15) is 19.5 Å². The van der Waals surface area contributed by atoms with Gasteiger partial charge in [-0.25, -0.2) is 4.79 Å². The zero-order chi connectivity index (χ0) is 25.3. The van der Waals surface area contributed by atoms with Crippen molar-refractivity contribution < 1.29 is 24.2 Å². The standard InChI is InChI=1S/C27H26ClNO5S/c1-16-7-4-8-17(13-16)24-22(25(31)18-9-5-10-19(28)14-18)23(20-11-6-12-35-20)27(2,26(32)33)29(24)21(30)15-34-3/h4-14,22-24H,15H2,1-3H3,(H,32,33). The van der Waals surface area contributed by atoms with Crippen molar-refractivity contribution in [2.45, 2.75) is 31.3 Å². The summed E-state index contributed by atoms with van der Waals surface area (Å²) in [7, 11) is 1.39. The third kappa shape index (κ3) is 4.40. The second-order valence-electron chi connectivity index (χ2n) is 8.90. The van der Waals surface area contributed by atoms with Crippen molar-refractivity contribution in [3.63, 3.8) is 0 Å². The highest BCUT2D eigenvalue weighted by Gasteiger charge is 2.65. The Balaban J connectivity index is 2.03. The number of ketones is 1. The molecule has 2 heterocycles. The molecule has 2 aromatic carbocycles. The second kappa shape index (κ2) is 9.93. The molecule has 1 N–H and O–H groups in total. The lowest BCUT2D eigenvalue weighted by Gasteiger charge is -2.37. The van der Waals surface area contributed by atoms with Crippen LogP contribution in [0.2, 0.25) is 5.02 Å². The Morgan fingerprint density at radius 1 is 1.11 bits per heavy atom. The van der Waals surface area contributed by atoms with Gasteiger partial charge in [0.05, 0.1) is 12.0 Å². The number of ether oxygens (including phenoxy) is 1. The number of carboxylic acid groups (broad SMARTS) is 1. The molecule has 0 saturated carbocycles. The number of nitrogens with zero attached hydrogens (tertiary/aromatic N) is 1. The highest BCUT2D eigenvalue weighted by atomic mass is 35.5. The molecule has 4 rings (SSSR count). The smallest absolute Gasteiger partial charge is 0.330 e. The van der Waals surface area contributed by atoms with Gasteiger partial charge in [-0.3, -0.25) is 9.59 Å². The van der Waals surface area contributed by atoms with Crippen molar-refractivity contribution in [3.05, 3.63) is 92.6 Å². The van der Waals surface area contributed by atoms with E-state index >= 15 is 0 Å². The van der Waals surface area contributed by atoms with Crippen molar-refractivity contribution in [3.8, 4) is 0 Å². The fourth-order valence-corrected chi connectivity index (χ4v) is 6.42. The number of rotatable bonds is 7. The van der Waals surface area contributed by atoms with Crippen LogP contribution < -0.4 is 0 Å². The Hall–Kier alpha value is -3.00. The van der Waals surface area contributed by atoms with E-state index in [4.69, 9.17) is 16.3 Å². The fraction of sp³-hybridized carbons (Fsp3) is 0.296. The maximum absolute atomic E-state index is 14.2. The molecule has 1 aliphatic rings. The Labute approximate surface area is 213 Å². The zero-order valence-corrected chi connectivity index (χ0v) is 21.2. The van der Waals surface area contributed by atoms with E-state index in [0.717, 1.165) is 10.4 Å². The molecule has 0 bridgehead atoms. The number of methoxy groups -OCH3 is 1. The van der Waals surface area contributed by atoms with Crippen molar-refractivity contribution in [2.75, 3.05) is 13.7 Å². The van der Waals surface area contributed by atoms with Gasteiger partial charge in [0.25, 0.3) is 0 Å². The second-order valence-corrected chi connectivity index (χ2v) is 10.3. The van der Waals surface area contributed by atoms with Crippen molar-refractivity contribution in [1.29, 1.82) is 0 Å². The van der Waals surface area contributed by atoms with Crippen LogP contribution in [0.5, 0.6) is 0 Å². The Kier molecular flexibility index (Phi) is 7.12. The molecular weight excluding hydrogens is 486 g/mol. The number of carbonyl (C=O) groups excluding carboxylic acids is 2. The first-order valence-electron chi connectivity index (χ1n) is 11.1. The quantitative estimate of drug-likeness (QED) is 0.431. The van der Waals surface area contributed by atoms with E-state index in [-0.39, 0.29) is 12.4 Å². The first-order valence-corrected chi connectivity index (χ1v) is 12.4. The van der Waals surface area contributed by atoms with E-state index < -0.39 is 35.3 Å².